The Hall–Kier alpha value is -2.43. The van der Waals surface area contributed by atoms with Crippen molar-refractivity contribution in [1.29, 1.82) is 0 Å². The first-order chi connectivity index (χ1) is 11.8. The van der Waals surface area contributed by atoms with Gasteiger partial charge in [-0.3, -0.25) is 4.79 Å². The minimum Gasteiger partial charge on any atom is -0.357 e. The van der Waals surface area contributed by atoms with Crippen LogP contribution in [0.2, 0.25) is 0 Å². The summed E-state index contributed by atoms with van der Waals surface area (Å²) >= 11 is 0. The molecule has 24 heavy (non-hydrogen) atoms. The quantitative estimate of drug-likeness (QED) is 0.932. The number of nitrogens with zero attached hydrogens (tertiary/aromatic N) is 3. The van der Waals surface area contributed by atoms with Crippen LogP contribution in [0.1, 0.15) is 48.7 Å². The molecule has 3 rings (SSSR count). The van der Waals surface area contributed by atoms with E-state index >= 15 is 0 Å². The maximum absolute atomic E-state index is 12.6. The maximum Gasteiger partial charge on any atom is 0.274 e. The summed E-state index contributed by atoms with van der Waals surface area (Å²) < 4.78 is 0. The molecule has 0 radical (unpaired) electrons. The van der Waals surface area contributed by atoms with Crippen LogP contribution in [0.4, 0.5) is 11.5 Å². The number of anilines is 2. The molecule has 0 aliphatic carbocycles. The summed E-state index contributed by atoms with van der Waals surface area (Å²) in [4.78, 5) is 23.3. The first-order valence-corrected chi connectivity index (χ1v) is 8.74. The Balaban J connectivity index is 1.76. The van der Waals surface area contributed by atoms with Crippen LogP contribution in [0.5, 0.6) is 0 Å². The van der Waals surface area contributed by atoms with Crippen LogP contribution in [0.3, 0.4) is 0 Å². The molecule has 0 bridgehead atoms. The third-order valence-electron chi connectivity index (χ3n) is 4.46. The molecule has 1 amide bonds. The van der Waals surface area contributed by atoms with Crippen LogP contribution in [-0.4, -0.2) is 29.0 Å². The highest BCUT2D eigenvalue weighted by Crippen LogP contribution is 2.19. The first-order valence-electron chi connectivity index (χ1n) is 8.74. The smallest absolute Gasteiger partial charge is 0.274 e. The molecule has 0 unspecified atom stereocenters. The van der Waals surface area contributed by atoms with Gasteiger partial charge in [0.2, 0.25) is 0 Å². The minimum absolute atomic E-state index is 0.186. The highest BCUT2D eigenvalue weighted by Gasteiger charge is 2.15. The van der Waals surface area contributed by atoms with Crippen LogP contribution < -0.4 is 10.2 Å². The fourth-order valence-electron chi connectivity index (χ4n) is 3.08. The fourth-order valence-corrected chi connectivity index (χ4v) is 3.08. The first kappa shape index (κ1) is 16.4. The molecule has 2 heterocycles. The second kappa shape index (κ2) is 7.90. The number of hydrogen-bond donors (Lipinski definition) is 1. The Morgan fingerprint density at radius 3 is 2.62 bits per heavy atom. The normalized spacial score (nSPS) is 15.0. The number of hydrogen-bond acceptors (Lipinski definition) is 4. The molecular formula is C19H24N4O. The number of para-hydroxylation sites is 1. The summed E-state index contributed by atoms with van der Waals surface area (Å²) in [6, 6.07) is 9.66. The molecule has 0 saturated carbocycles. The third kappa shape index (κ3) is 3.91. The van der Waals surface area contributed by atoms with Gasteiger partial charge in [-0.05, 0) is 30.9 Å². The van der Waals surface area contributed by atoms with Gasteiger partial charge >= 0.3 is 0 Å². The van der Waals surface area contributed by atoms with E-state index in [0.717, 1.165) is 36.6 Å². The van der Waals surface area contributed by atoms with Crippen molar-refractivity contribution in [2.45, 2.75) is 39.0 Å². The predicted molar refractivity (Wildman–Crippen MR) is 96.5 cm³/mol. The number of amides is 1. The number of rotatable bonds is 4. The highest BCUT2D eigenvalue weighted by molar-refractivity contribution is 6.03. The molecule has 1 saturated heterocycles. The monoisotopic (exact) mass is 324 g/mol. The van der Waals surface area contributed by atoms with Gasteiger partial charge in [-0.1, -0.05) is 38.0 Å². The molecule has 1 aliphatic heterocycles. The summed E-state index contributed by atoms with van der Waals surface area (Å²) in [5.41, 5.74) is 2.38. The van der Waals surface area contributed by atoms with Gasteiger partial charge in [0.25, 0.3) is 5.91 Å². The summed E-state index contributed by atoms with van der Waals surface area (Å²) in [5, 5.41) is 2.97. The van der Waals surface area contributed by atoms with Gasteiger partial charge in [0.1, 0.15) is 17.8 Å². The Labute approximate surface area is 143 Å². The van der Waals surface area contributed by atoms with Crippen molar-refractivity contribution in [3.05, 3.63) is 47.9 Å². The lowest BCUT2D eigenvalue weighted by molar-refractivity contribution is 0.102. The van der Waals surface area contributed by atoms with Crippen molar-refractivity contribution < 1.29 is 4.79 Å². The molecule has 1 aromatic carbocycles. The van der Waals surface area contributed by atoms with Gasteiger partial charge < -0.3 is 10.2 Å². The van der Waals surface area contributed by atoms with Crippen molar-refractivity contribution >= 4 is 17.4 Å². The van der Waals surface area contributed by atoms with Gasteiger partial charge in [0.15, 0.2) is 0 Å². The number of aromatic nitrogens is 2. The lowest BCUT2D eigenvalue weighted by Gasteiger charge is -2.21. The molecule has 5 heteroatoms. The van der Waals surface area contributed by atoms with E-state index in [0.29, 0.717) is 5.69 Å². The van der Waals surface area contributed by atoms with E-state index in [4.69, 9.17) is 0 Å². The molecule has 0 spiro atoms. The van der Waals surface area contributed by atoms with Gasteiger partial charge in [-0.2, -0.15) is 0 Å². The number of aryl methyl sites for hydroxylation is 1. The van der Waals surface area contributed by atoms with E-state index in [9.17, 15) is 4.79 Å². The van der Waals surface area contributed by atoms with E-state index in [1.54, 1.807) is 6.07 Å². The topological polar surface area (TPSA) is 58.1 Å². The number of carbonyl (C=O) groups is 1. The third-order valence-corrected chi connectivity index (χ3v) is 4.46. The average molecular weight is 324 g/mol. The molecule has 1 aromatic heterocycles. The maximum atomic E-state index is 12.6. The molecule has 5 nitrogen and oxygen atoms in total. The molecule has 1 fully saturated rings. The lowest BCUT2D eigenvalue weighted by Crippen LogP contribution is -2.25. The fraction of sp³-hybridized carbons (Fsp3) is 0.421. The number of benzene rings is 1. The molecule has 0 atom stereocenters. The van der Waals surface area contributed by atoms with E-state index in [-0.39, 0.29) is 5.91 Å². The van der Waals surface area contributed by atoms with E-state index in [1.807, 2.05) is 24.3 Å². The predicted octanol–water partition coefficient (Wildman–Crippen LogP) is 3.67. The van der Waals surface area contributed by atoms with E-state index in [1.165, 1.54) is 32.0 Å². The Kier molecular flexibility index (Phi) is 5.41. The SMILES string of the molecule is CCc1ccccc1NC(=O)c1cc(N2CCCCCC2)ncn1. The molecule has 1 aliphatic rings. The zero-order chi connectivity index (χ0) is 16.8. The van der Waals surface area contributed by atoms with Gasteiger partial charge in [-0.15, -0.1) is 0 Å². The summed E-state index contributed by atoms with van der Waals surface area (Å²) in [5.74, 6) is 0.662. The van der Waals surface area contributed by atoms with Crippen molar-refractivity contribution in [3.8, 4) is 0 Å². The summed E-state index contributed by atoms with van der Waals surface area (Å²) in [6.45, 7) is 4.07. The van der Waals surface area contributed by atoms with Crippen molar-refractivity contribution in [1.82, 2.24) is 9.97 Å². The Morgan fingerprint density at radius 1 is 1.12 bits per heavy atom. The molecule has 126 valence electrons. The van der Waals surface area contributed by atoms with Crippen LogP contribution >= 0.6 is 0 Å². The second-order valence-corrected chi connectivity index (χ2v) is 6.13. The van der Waals surface area contributed by atoms with Crippen LogP contribution in [0.15, 0.2) is 36.7 Å². The Morgan fingerprint density at radius 2 is 1.88 bits per heavy atom. The molecule has 1 N–H and O–H groups in total. The van der Waals surface area contributed by atoms with Crippen molar-refractivity contribution in [2.24, 2.45) is 0 Å². The van der Waals surface area contributed by atoms with Crippen LogP contribution in [0.25, 0.3) is 0 Å². The number of carbonyl (C=O) groups excluding carboxylic acids is 1. The van der Waals surface area contributed by atoms with Gasteiger partial charge in [-0.25, -0.2) is 9.97 Å². The molecular weight excluding hydrogens is 300 g/mol. The highest BCUT2D eigenvalue weighted by atomic mass is 16.1. The zero-order valence-corrected chi connectivity index (χ0v) is 14.2. The van der Waals surface area contributed by atoms with Crippen molar-refractivity contribution in [3.63, 3.8) is 0 Å². The van der Waals surface area contributed by atoms with Crippen LogP contribution in [0, 0.1) is 0 Å². The average Bonchev–Trinajstić information content (AvgIpc) is 2.92. The number of nitrogens with one attached hydrogen (secondary N) is 1. The second-order valence-electron chi connectivity index (χ2n) is 6.13. The largest absolute Gasteiger partial charge is 0.357 e. The minimum atomic E-state index is -0.186. The Bertz CT molecular complexity index is 693. The lowest BCUT2D eigenvalue weighted by atomic mass is 10.1. The van der Waals surface area contributed by atoms with Crippen molar-refractivity contribution in [2.75, 3.05) is 23.3 Å². The van der Waals surface area contributed by atoms with E-state index in [2.05, 4.69) is 27.1 Å². The standard InChI is InChI=1S/C19H24N4O/c1-2-15-9-5-6-10-16(15)22-19(24)17-13-18(21-14-20-17)23-11-7-3-4-8-12-23/h5-6,9-10,13-14H,2-4,7-8,11-12H2,1H3,(H,22,24). The summed E-state index contributed by atoms with van der Waals surface area (Å²) in [7, 11) is 0. The zero-order valence-electron chi connectivity index (χ0n) is 14.2. The van der Waals surface area contributed by atoms with E-state index < -0.39 is 0 Å². The van der Waals surface area contributed by atoms with Crippen LogP contribution in [-0.2, 0) is 6.42 Å². The molecule has 2 aromatic rings. The summed E-state index contributed by atoms with van der Waals surface area (Å²) in [6.07, 6.45) is 7.25. The van der Waals surface area contributed by atoms with Gasteiger partial charge in [0.05, 0.1) is 0 Å². The van der Waals surface area contributed by atoms with Gasteiger partial charge in [0, 0.05) is 24.8 Å².